The molecule has 0 aromatic heterocycles. The lowest BCUT2D eigenvalue weighted by Gasteiger charge is -2.34. The maximum Gasteiger partial charge on any atom is 0.269 e. The highest BCUT2D eigenvalue weighted by Gasteiger charge is 2.19. The summed E-state index contributed by atoms with van der Waals surface area (Å²) in [6.45, 7) is 4.72. The number of carbonyl (C=O) groups is 2. The van der Waals surface area contributed by atoms with Crippen molar-refractivity contribution in [2.75, 3.05) is 51.7 Å². The molecular formula is C22H29N5O2. The van der Waals surface area contributed by atoms with Gasteiger partial charge in [-0.1, -0.05) is 36.4 Å². The molecule has 29 heavy (non-hydrogen) atoms. The summed E-state index contributed by atoms with van der Waals surface area (Å²) in [7, 11) is 3.83. The van der Waals surface area contributed by atoms with Crippen molar-refractivity contribution in [2.24, 2.45) is 0 Å². The van der Waals surface area contributed by atoms with Crippen LogP contribution in [-0.4, -0.2) is 68.4 Å². The van der Waals surface area contributed by atoms with Gasteiger partial charge < -0.3 is 4.90 Å². The molecule has 2 N–H and O–H groups in total. The molecule has 0 bridgehead atoms. The van der Waals surface area contributed by atoms with Gasteiger partial charge in [-0.15, -0.1) is 0 Å². The minimum Gasteiger partial charge on any atom is -0.378 e. The molecule has 0 aliphatic carbocycles. The fourth-order valence-electron chi connectivity index (χ4n) is 3.31. The number of hydrogen-bond donors (Lipinski definition) is 2. The van der Waals surface area contributed by atoms with Gasteiger partial charge in [0, 0.05) is 58.1 Å². The molecule has 2 amide bonds. The summed E-state index contributed by atoms with van der Waals surface area (Å²) < 4.78 is 0. The van der Waals surface area contributed by atoms with Crippen molar-refractivity contribution in [3.05, 3.63) is 65.7 Å². The Balaban J connectivity index is 1.39. The summed E-state index contributed by atoms with van der Waals surface area (Å²) in [4.78, 5) is 30.9. The van der Waals surface area contributed by atoms with E-state index in [4.69, 9.17) is 0 Å². The van der Waals surface area contributed by atoms with Gasteiger partial charge in [0.1, 0.15) is 0 Å². The zero-order valence-electron chi connectivity index (χ0n) is 17.1. The van der Waals surface area contributed by atoms with Crippen LogP contribution in [0.25, 0.3) is 0 Å². The fraction of sp³-hybridized carbons (Fsp3) is 0.364. The Morgan fingerprint density at radius 2 is 1.59 bits per heavy atom. The van der Waals surface area contributed by atoms with E-state index in [1.165, 1.54) is 5.56 Å². The van der Waals surface area contributed by atoms with Crippen molar-refractivity contribution in [1.82, 2.24) is 20.7 Å². The van der Waals surface area contributed by atoms with E-state index in [2.05, 4.69) is 44.9 Å². The minimum absolute atomic E-state index is 0.210. The Kier molecular flexibility index (Phi) is 7.21. The first-order chi connectivity index (χ1) is 14.0. The smallest absolute Gasteiger partial charge is 0.269 e. The van der Waals surface area contributed by atoms with Gasteiger partial charge >= 0.3 is 0 Å². The van der Waals surface area contributed by atoms with E-state index in [-0.39, 0.29) is 18.4 Å². The number of nitrogens with one attached hydrogen (secondary N) is 2. The van der Waals surface area contributed by atoms with Gasteiger partial charge in [0.15, 0.2) is 0 Å². The molecule has 1 aliphatic rings. The number of benzene rings is 2. The normalized spacial score (nSPS) is 15.0. The summed E-state index contributed by atoms with van der Waals surface area (Å²) in [5, 5.41) is 0. The average Bonchev–Trinajstić information content (AvgIpc) is 2.74. The number of anilines is 1. The fourth-order valence-corrected chi connectivity index (χ4v) is 3.31. The molecular weight excluding hydrogens is 366 g/mol. The van der Waals surface area contributed by atoms with Crippen molar-refractivity contribution in [2.45, 2.75) is 6.54 Å². The number of hydrogen-bond acceptors (Lipinski definition) is 5. The van der Waals surface area contributed by atoms with Crippen LogP contribution in [0.2, 0.25) is 0 Å². The van der Waals surface area contributed by atoms with Crippen LogP contribution in [0.15, 0.2) is 54.6 Å². The summed E-state index contributed by atoms with van der Waals surface area (Å²) in [5.41, 5.74) is 7.76. The third kappa shape index (κ3) is 6.30. The van der Waals surface area contributed by atoms with Gasteiger partial charge in [-0.25, -0.2) is 0 Å². The van der Waals surface area contributed by atoms with Crippen molar-refractivity contribution < 1.29 is 9.59 Å². The topological polar surface area (TPSA) is 67.9 Å². The van der Waals surface area contributed by atoms with Crippen molar-refractivity contribution in [1.29, 1.82) is 0 Å². The van der Waals surface area contributed by atoms with Crippen LogP contribution in [0.5, 0.6) is 0 Å². The zero-order valence-corrected chi connectivity index (χ0v) is 17.1. The van der Waals surface area contributed by atoms with E-state index in [0.717, 1.165) is 38.4 Å². The second kappa shape index (κ2) is 10.0. The zero-order chi connectivity index (χ0) is 20.6. The highest BCUT2D eigenvalue weighted by Crippen LogP contribution is 2.13. The van der Waals surface area contributed by atoms with Gasteiger partial charge in [-0.05, 0) is 23.8 Å². The van der Waals surface area contributed by atoms with Crippen LogP contribution < -0.4 is 15.8 Å². The quantitative estimate of drug-likeness (QED) is 0.723. The van der Waals surface area contributed by atoms with Crippen molar-refractivity contribution in [3.8, 4) is 0 Å². The SMILES string of the molecule is CN(C)c1cccc(C(=O)NNC(=O)CN2CCN(Cc3ccccc3)CC2)c1. The first kappa shape index (κ1) is 20.8. The number of carbonyl (C=O) groups excluding carboxylic acids is 2. The maximum atomic E-state index is 12.3. The molecule has 1 heterocycles. The highest BCUT2D eigenvalue weighted by atomic mass is 16.2. The highest BCUT2D eigenvalue weighted by molar-refractivity contribution is 5.96. The maximum absolute atomic E-state index is 12.3. The van der Waals surface area contributed by atoms with Crippen LogP contribution in [0.1, 0.15) is 15.9 Å². The molecule has 3 rings (SSSR count). The molecule has 0 radical (unpaired) electrons. The molecule has 2 aromatic carbocycles. The third-order valence-corrected chi connectivity index (χ3v) is 5.02. The lowest BCUT2D eigenvalue weighted by molar-refractivity contribution is -0.123. The van der Waals surface area contributed by atoms with Crippen LogP contribution >= 0.6 is 0 Å². The average molecular weight is 396 g/mol. The molecule has 7 nitrogen and oxygen atoms in total. The number of piperazine rings is 1. The Morgan fingerprint density at radius 1 is 0.897 bits per heavy atom. The van der Waals surface area contributed by atoms with Gasteiger partial charge in [0.05, 0.1) is 6.54 Å². The van der Waals surface area contributed by atoms with Gasteiger partial charge in [0.2, 0.25) is 0 Å². The molecule has 1 saturated heterocycles. The van der Waals surface area contributed by atoms with Gasteiger partial charge in [-0.3, -0.25) is 30.2 Å². The molecule has 154 valence electrons. The van der Waals surface area contributed by atoms with E-state index in [9.17, 15) is 9.59 Å². The Morgan fingerprint density at radius 3 is 2.28 bits per heavy atom. The van der Waals surface area contributed by atoms with E-state index in [1.54, 1.807) is 12.1 Å². The Hall–Kier alpha value is -2.90. The summed E-state index contributed by atoms with van der Waals surface area (Å²) >= 11 is 0. The molecule has 7 heteroatoms. The lowest BCUT2D eigenvalue weighted by atomic mass is 10.2. The molecule has 1 fully saturated rings. The lowest BCUT2D eigenvalue weighted by Crippen LogP contribution is -2.51. The molecule has 0 atom stereocenters. The molecule has 0 spiro atoms. The summed E-state index contributed by atoms with van der Waals surface area (Å²) in [6, 6.07) is 17.7. The number of hydrazine groups is 1. The van der Waals surface area contributed by atoms with Crippen LogP contribution in [0.4, 0.5) is 5.69 Å². The molecule has 0 saturated carbocycles. The number of rotatable bonds is 6. The Bertz CT molecular complexity index is 817. The molecule has 0 unspecified atom stereocenters. The van der Waals surface area contributed by atoms with Crippen LogP contribution in [0.3, 0.4) is 0 Å². The molecule has 1 aliphatic heterocycles. The number of amides is 2. The standard InChI is InChI=1S/C22H29N5O2/c1-25(2)20-10-6-9-19(15-20)22(29)24-23-21(28)17-27-13-11-26(12-14-27)16-18-7-4-3-5-8-18/h3-10,15H,11-14,16-17H2,1-2H3,(H,23,28)(H,24,29). The van der Waals surface area contributed by atoms with Gasteiger partial charge in [0.25, 0.3) is 11.8 Å². The Labute approximate surface area is 172 Å². The predicted octanol–water partition coefficient (Wildman–Crippen LogP) is 1.33. The first-order valence-electron chi connectivity index (χ1n) is 9.86. The first-order valence-corrected chi connectivity index (χ1v) is 9.86. The molecule has 2 aromatic rings. The van der Waals surface area contributed by atoms with E-state index in [1.807, 2.05) is 37.2 Å². The third-order valence-electron chi connectivity index (χ3n) is 5.02. The van der Waals surface area contributed by atoms with Crippen molar-refractivity contribution >= 4 is 17.5 Å². The second-order valence-corrected chi connectivity index (χ2v) is 7.48. The van der Waals surface area contributed by atoms with Crippen LogP contribution in [-0.2, 0) is 11.3 Å². The van der Waals surface area contributed by atoms with Crippen molar-refractivity contribution in [3.63, 3.8) is 0 Å². The largest absolute Gasteiger partial charge is 0.378 e. The van der Waals surface area contributed by atoms with Gasteiger partial charge in [-0.2, -0.15) is 0 Å². The van der Waals surface area contributed by atoms with Crippen LogP contribution in [0, 0.1) is 0 Å². The second-order valence-electron chi connectivity index (χ2n) is 7.48. The minimum atomic E-state index is -0.324. The predicted molar refractivity (Wildman–Crippen MR) is 115 cm³/mol. The monoisotopic (exact) mass is 395 g/mol. The van der Waals surface area contributed by atoms with E-state index >= 15 is 0 Å². The summed E-state index contributed by atoms with van der Waals surface area (Å²) in [5.74, 6) is -0.534. The van der Waals surface area contributed by atoms with E-state index in [0.29, 0.717) is 5.56 Å². The summed E-state index contributed by atoms with van der Waals surface area (Å²) in [6.07, 6.45) is 0. The number of nitrogens with zero attached hydrogens (tertiary/aromatic N) is 3. The van der Waals surface area contributed by atoms with E-state index < -0.39 is 0 Å².